The third-order valence-corrected chi connectivity index (χ3v) is 6.67. The van der Waals surface area contributed by atoms with E-state index in [1.165, 1.54) is 0 Å². The number of morpholine rings is 1. The summed E-state index contributed by atoms with van der Waals surface area (Å²) in [7, 11) is 0. The van der Waals surface area contributed by atoms with Crippen LogP contribution in [0, 0.1) is 13.8 Å². The van der Waals surface area contributed by atoms with Gasteiger partial charge in [0.15, 0.2) is 5.43 Å². The highest BCUT2D eigenvalue weighted by Gasteiger charge is 2.42. The molecule has 166 valence electrons. The van der Waals surface area contributed by atoms with Crippen LogP contribution < -0.4 is 5.43 Å². The van der Waals surface area contributed by atoms with Crippen LogP contribution in [-0.4, -0.2) is 55.1 Å². The molecule has 5 rings (SSSR count). The second kappa shape index (κ2) is 8.52. The second-order valence-corrected chi connectivity index (χ2v) is 8.73. The lowest BCUT2D eigenvalue weighted by Gasteiger charge is -2.29. The minimum absolute atomic E-state index is 0.109. The number of nitrogens with zero attached hydrogens (tertiary/aromatic N) is 2. The number of ether oxygens (including phenoxy) is 1. The lowest BCUT2D eigenvalue weighted by Crippen LogP contribution is -2.38. The molecular formula is C26H28N2O4. The molecule has 1 aromatic heterocycles. The number of fused-ring (bicyclic) bond motifs is 2. The molecule has 1 fully saturated rings. The van der Waals surface area contributed by atoms with Gasteiger partial charge >= 0.3 is 0 Å². The maximum Gasteiger partial charge on any atom is 0.290 e. The Morgan fingerprint density at radius 2 is 1.69 bits per heavy atom. The average molecular weight is 433 g/mol. The Morgan fingerprint density at radius 1 is 0.969 bits per heavy atom. The van der Waals surface area contributed by atoms with Crippen LogP contribution in [0.15, 0.2) is 51.7 Å². The van der Waals surface area contributed by atoms with E-state index in [1.54, 1.807) is 0 Å². The van der Waals surface area contributed by atoms with Crippen molar-refractivity contribution in [2.75, 3.05) is 39.4 Å². The van der Waals surface area contributed by atoms with Crippen LogP contribution >= 0.6 is 0 Å². The molecule has 2 aliphatic rings. The van der Waals surface area contributed by atoms with Crippen molar-refractivity contribution in [3.05, 3.63) is 80.7 Å². The summed E-state index contributed by atoms with van der Waals surface area (Å²) in [5, 5.41) is 0.538. The Bertz CT molecular complexity index is 1210. The van der Waals surface area contributed by atoms with Gasteiger partial charge in [0.1, 0.15) is 5.58 Å². The maximum atomic E-state index is 13.6. The first kappa shape index (κ1) is 20.9. The van der Waals surface area contributed by atoms with Crippen LogP contribution in [0.5, 0.6) is 0 Å². The van der Waals surface area contributed by atoms with E-state index < -0.39 is 6.04 Å². The van der Waals surface area contributed by atoms with Crippen molar-refractivity contribution in [3.63, 3.8) is 0 Å². The first-order chi connectivity index (χ1) is 15.5. The molecule has 6 heteroatoms. The van der Waals surface area contributed by atoms with Crippen LogP contribution in [0.3, 0.4) is 0 Å². The summed E-state index contributed by atoms with van der Waals surface area (Å²) >= 11 is 0. The third-order valence-electron chi connectivity index (χ3n) is 6.67. The molecule has 0 aliphatic carbocycles. The molecule has 1 atom stereocenters. The van der Waals surface area contributed by atoms with E-state index in [4.69, 9.17) is 9.15 Å². The van der Waals surface area contributed by atoms with Crippen LogP contribution in [0.1, 0.15) is 45.3 Å². The summed E-state index contributed by atoms with van der Waals surface area (Å²) < 4.78 is 11.5. The first-order valence-corrected chi connectivity index (χ1v) is 11.3. The number of amides is 1. The fourth-order valence-electron chi connectivity index (χ4n) is 4.78. The standard InChI is InChI=1S/C26H28N2O4/c1-17-15-20-21(16-18(17)2)32-25-22(24(20)29)23(19-7-4-3-5-8-19)28(26(25)30)10-6-9-27-11-13-31-14-12-27/h3-5,7-8,15-16,23H,6,9-14H2,1-2H3/t23-/m0/s1. The van der Waals surface area contributed by atoms with Gasteiger partial charge < -0.3 is 14.1 Å². The van der Waals surface area contributed by atoms with Gasteiger partial charge in [0.25, 0.3) is 5.91 Å². The van der Waals surface area contributed by atoms with Crippen LogP contribution in [-0.2, 0) is 4.74 Å². The van der Waals surface area contributed by atoms with Gasteiger partial charge in [-0.05, 0) is 49.1 Å². The van der Waals surface area contributed by atoms with Crippen LogP contribution in [0.25, 0.3) is 11.0 Å². The molecule has 2 aliphatic heterocycles. The summed E-state index contributed by atoms with van der Waals surface area (Å²) in [6.45, 7) is 8.77. The van der Waals surface area contributed by atoms with Crippen molar-refractivity contribution in [1.29, 1.82) is 0 Å². The van der Waals surface area contributed by atoms with Crippen molar-refractivity contribution in [2.24, 2.45) is 0 Å². The summed E-state index contributed by atoms with van der Waals surface area (Å²) in [5.74, 6) is -0.0148. The molecule has 6 nitrogen and oxygen atoms in total. The number of hydrogen-bond acceptors (Lipinski definition) is 5. The van der Waals surface area contributed by atoms with Crippen molar-refractivity contribution in [1.82, 2.24) is 9.80 Å². The minimum Gasteiger partial charge on any atom is -0.450 e. The summed E-state index contributed by atoms with van der Waals surface area (Å²) in [5.41, 5.74) is 3.83. The first-order valence-electron chi connectivity index (χ1n) is 11.3. The van der Waals surface area contributed by atoms with E-state index >= 15 is 0 Å². The van der Waals surface area contributed by atoms with Gasteiger partial charge in [-0.1, -0.05) is 30.3 Å². The normalized spacial score (nSPS) is 19.0. The number of rotatable bonds is 5. The van der Waals surface area contributed by atoms with Gasteiger partial charge in [0.05, 0.1) is 30.2 Å². The highest BCUT2D eigenvalue weighted by Crippen LogP contribution is 2.38. The number of carbonyl (C=O) groups is 1. The fraction of sp³-hybridized carbons (Fsp3) is 0.385. The van der Waals surface area contributed by atoms with Gasteiger partial charge in [-0.3, -0.25) is 14.5 Å². The predicted octanol–water partition coefficient (Wildman–Crippen LogP) is 3.68. The van der Waals surface area contributed by atoms with Crippen molar-refractivity contribution < 1.29 is 13.9 Å². The van der Waals surface area contributed by atoms with E-state index in [9.17, 15) is 9.59 Å². The molecule has 32 heavy (non-hydrogen) atoms. The number of aryl methyl sites for hydroxylation is 2. The third kappa shape index (κ3) is 3.63. The Hall–Kier alpha value is -2.96. The lowest BCUT2D eigenvalue weighted by atomic mass is 9.97. The quantitative estimate of drug-likeness (QED) is 0.616. The minimum atomic E-state index is -0.425. The lowest BCUT2D eigenvalue weighted by molar-refractivity contribution is 0.0353. The van der Waals surface area contributed by atoms with Crippen LogP contribution in [0.2, 0.25) is 0 Å². The summed E-state index contributed by atoms with van der Waals surface area (Å²) in [6, 6.07) is 13.1. The molecule has 0 saturated carbocycles. The van der Waals surface area contributed by atoms with Gasteiger partial charge in [0.2, 0.25) is 5.76 Å². The number of benzene rings is 2. The molecule has 1 amide bonds. The van der Waals surface area contributed by atoms with Crippen molar-refractivity contribution >= 4 is 16.9 Å². The highest BCUT2D eigenvalue weighted by atomic mass is 16.5. The second-order valence-electron chi connectivity index (χ2n) is 8.73. The zero-order valence-corrected chi connectivity index (χ0v) is 18.6. The molecule has 3 aromatic rings. The van der Waals surface area contributed by atoms with Crippen molar-refractivity contribution in [3.8, 4) is 0 Å². The Labute approximate surface area is 187 Å². The summed E-state index contributed by atoms with van der Waals surface area (Å²) in [6.07, 6.45) is 0.828. The smallest absolute Gasteiger partial charge is 0.290 e. The van der Waals surface area contributed by atoms with Crippen molar-refractivity contribution in [2.45, 2.75) is 26.3 Å². The molecule has 2 aromatic carbocycles. The molecule has 0 radical (unpaired) electrons. The van der Waals surface area contributed by atoms with Gasteiger partial charge in [-0.2, -0.15) is 0 Å². The number of carbonyl (C=O) groups excluding carboxylic acids is 1. The molecule has 1 saturated heterocycles. The van der Waals surface area contributed by atoms with E-state index in [1.807, 2.05) is 61.2 Å². The largest absolute Gasteiger partial charge is 0.450 e. The highest BCUT2D eigenvalue weighted by molar-refractivity contribution is 5.99. The van der Waals surface area contributed by atoms with Gasteiger partial charge in [-0.25, -0.2) is 0 Å². The monoisotopic (exact) mass is 432 g/mol. The fourth-order valence-corrected chi connectivity index (χ4v) is 4.78. The SMILES string of the molecule is Cc1cc2oc3c(c(=O)c2cc1C)[C@H](c1ccccc1)N(CCCN1CCOCC1)C3=O. The van der Waals surface area contributed by atoms with Gasteiger partial charge in [-0.15, -0.1) is 0 Å². The molecule has 0 unspecified atom stereocenters. The molecule has 0 spiro atoms. The van der Waals surface area contributed by atoms with E-state index in [0.717, 1.165) is 56.0 Å². The Kier molecular flexibility index (Phi) is 5.57. The molecule has 0 bridgehead atoms. The maximum absolute atomic E-state index is 13.6. The zero-order chi connectivity index (χ0) is 22.2. The predicted molar refractivity (Wildman–Crippen MR) is 123 cm³/mol. The van der Waals surface area contributed by atoms with E-state index in [2.05, 4.69) is 4.90 Å². The van der Waals surface area contributed by atoms with E-state index in [0.29, 0.717) is 23.1 Å². The topological polar surface area (TPSA) is 63.0 Å². The van der Waals surface area contributed by atoms with Crippen LogP contribution in [0.4, 0.5) is 0 Å². The molecule has 3 heterocycles. The molecular weight excluding hydrogens is 404 g/mol. The Morgan fingerprint density at radius 3 is 2.44 bits per heavy atom. The van der Waals surface area contributed by atoms with Gasteiger partial charge in [0, 0.05) is 26.2 Å². The van der Waals surface area contributed by atoms with E-state index in [-0.39, 0.29) is 17.1 Å². The molecule has 0 N–H and O–H groups in total. The Balaban J connectivity index is 1.54. The average Bonchev–Trinajstić information content (AvgIpc) is 3.09. The number of hydrogen-bond donors (Lipinski definition) is 0. The zero-order valence-electron chi connectivity index (χ0n) is 18.6. The summed E-state index contributed by atoms with van der Waals surface area (Å²) in [4.78, 5) is 31.3.